The van der Waals surface area contributed by atoms with E-state index >= 15 is 0 Å². The summed E-state index contributed by atoms with van der Waals surface area (Å²) in [6.45, 7) is 8.93. The Morgan fingerprint density at radius 3 is 2.30 bits per heavy atom. The molecule has 326 valence electrons. The molecular weight excluding hydrogens is 776 g/mol. The van der Waals surface area contributed by atoms with Crippen LogP contribution in [-0.4, -0.2) is 154 Å². The summed E-state index contributed by atoms with van der Waals surface area (Å²) < 4.78 is 23.8. The molecule has 7 heterocycles. The maximum absolute atomic E-state index is 13.1. The molecule has 1 spiro atoms. The van der Waals surface area contributed by atoms with Crippen LogP contribution in [0.3, 0.4) is 0 Å². The Hall–Kier alpha value is -3.55. The first-order valence-electron chi connectivity index (χ1n) is 21.4. The zero-order chi connectivity index (χ0) is 42.1. The SMILES string of the molecule is C[C@]12CC[C@@H](OC3OC(CO)C(O)C(O)C3O)[C@@](C)(CO)C1CCC1(CO1)C2C=CC1=CC(=Cc2ccc(NC(=O)CC(=O)NC3C4CN5CC3CN(C4)C5)cc2)OC1=O. The lowest BCUT2D eigenvalue weighted by Crippen LogP contribution is -2.71. The van der Waals surface area contributed by atoms with Crippen molar-refractivity contribution < 1.29 is 58.9 Å². The fourth-order valence-electron chi connectivity index (χ4n) is 12.1. The van der Waals surface area contributed by atoms with Crippen molar-refractivity contribution in [2.75, 3.05) is 58.0 Å². The van der Waals surface area contributed by atoms with Crippen molar-refractivity contribution in [3.8, 4) is 0 Å². The minimum absolute atomic E-state index is 0.0586. The van der Waals surface area contributed by atoms with E-state index in [-0.39, 0.29) is 48.1 Å². The fraction of sp³-hybridized carbons (Fsp3) is 0.659. The highest BCUT2D eigenvalue weighted by molar-refractivity contribution is 6.03. The van der Waals surface area contributed by atoms with Gasteiger partial charge < -0.3 is 55.1 Å². The number of amides is 2. The molecule has 1 aromatic carbocycles. The molecular formula is C44H58N4O12. The van der Waals surface area contributed by atoms with Crippen molar-refractivity contribution in [1.82, 2.24) is 15.1 Å². The third-order valence-electron chi connectivity index (χ3n) is 15.2. The Morgan fingerprint density at radius 1 is 0.950 bits per heavy atom. The Labute approximate surface area is 349 Å². The number of aliphatic hydroxyl groups is 5. The number of aliphatic hydroxyl groups excluding tert-OH is 5. The minimum Gasteiger partial charge on any atom is -0.423 e. The first kappa shape index (κ1) is 41.8. The van der Waals surface area contributed by atoms with Gasteiger partial charge >= 0.3 is 5.97 Å². The molecule has 2 amide bonds. The first-order valence-corrected chi connectivity index (χ1v) is 21.4. The molecule has 2 saturated carbocycles. The van der Waals surface area contributed by atoms with Crippen LogP contribution in [0.5, 0.6) is 0 Å². The highest BCUT2D eigenvalue weighted by atomic mass is 16.7. The first-order chi connectivity index (χ1) is 28.7. The van der Waals surface area contributed by atoms with Crippen molar-refractivity contribution in [3.05, 3.63) is 59.4 Å². The normalized spacial score (nSPS) is 44.8. The summed E-state index contributed by atoms with van der Waals surface area (Å²) in [5.41, 5.74) is 0.147. The van der Waals surface area contributed by atoms with Crippen molar-refractivity contribution in [2.24, 2.45) is 34.5 Å². The molecule has 60 heavy (non-hydrogen) atoms. The van der Waals surface area contributed by atoms with Crippen molar-refractivity contribution in [1.29, 1.82) is 0 Å². The summed E-state index contributed by atoms with van der Waals surface area (Å²) >= 11 is 0. The Kier molecular flexibility index (Phi) is 11.1. The van der Waals surface area contributed by atoms with E-state index in [4.69, 9.17) is 18.9 Å². The number of epoxide rings is 1. The van der Waals surface area contributed by atoms with Gasteiger partial charge in [-0.1, -0.05) is 38.1 Å². The van der Waals surface area contributed by atoms with Crippen LogP contribution < -0.4 is 10.6 Å². The number of ether oxygens (including phenoxy) is 4. The van der Waals surface area contributed by atoms with E-state index in [0.29, 0.717) is 48.3 Å². The van der Waals surface area contributed by atoms with Gasteiger partial charge in [-0.3, -0.25) is 19.4 Å². The fourth-order valence-corrected chi connectivity index (χ4v) is 12.1. The number of esters is 1. The van der Waals surface area contributed by atoms with Crippen LogP contribution in [0, 0.1) is 34.5 Å². The Bertz CT molecular complexity index is 1900. The number of rotatable bonds is 11. The summed E-state index contributed by atoms with van der Waals surface area (Å²) in [6.07, 6.45) is 2.08. The topological polar surface area (TPSA) is 223 Å². The number of nitrogens with one attached hydrogen (secondary N) is 2. The number of hydrogen-bond donors (Lipinski definition) is 7. The molecule has 0 radical (unpaired) electrons. The van der Waals surface area contributed by atoms with Crippen LogP contribution in [0.4, 0.5) is 5.69 Å². The van der Waals surface area contributed by atoms with Crippen LogP contribution in [0.2, 0.25) is 0 Å². The lowest BCUT2D eigenvalue weighted by Gasteiger charge is -2.61. The van der Waals surface area contributed by atoms with E-state index in [1.54, 1.807) is 42.5 Å². The largest absolute Gasteiger partial charge is 0.423 e. The molecule has 7 N–H and O–H groups in total. The van der Waals surface area contributed by atoms with Gasteiger partial charge in [-0.2, -0.15) is 0 Å². The lowest BCUT2D eigenvalue weighted by molar-refractivity contribution is -0.330. The van der Waals surface area contributed by atoms with Crippen LogP contribution in [0.1, 0.15) is 51.5 Å². The number of anilines is 1. The average molecular weight is 835 g/mol. The third kappa shape index (κ3) is 7.56. The van der Waals surface area contributed by atoms with Gasteiger partial charge in [0.1, 0.15) is 36.6 Å². The van der Waals surface area contributed by atoms with Crippen LogP contribution in [0.25, 0.3) is 6.08 Å². The number of carbonyl (C=O) groups is 3. The number of hydrogen-bond acceptors (Lipinski definition) is 14. The van der Waals surface area contributed by atoms with Gasteiger partial charge in [0, 0.05) is 61.1 Å². The predicted octanol–water partition coefficient (Wildman–Crippen LogP) is 0.494. The van der Waals surface area contributed by atoms with Gasteiger partial charge in [-0.05, 0) is 66.9 Å². The summed E-state index contributed by atoms with van der Waals surface area (Å²) in [7, 11) is 0. The molecule has 2 aliphatic carbocycles. The highest BCUT2D eigenvalue weighted by Crippen LogP contribution is 2.66. The van der Waals surface area contributed by atoms with E-state index < -0.39 is 60.4 Å². The maximum Gasteiger partial charge on any atom is 0.343 e. The molecule has 8 unspecified atom stereocenters. The van der Waals surface area contributed by atoms with E-state index in [1.807, 2.05) is 13.0 Å². The second-order valence-electron chi connectivity index (χ2n) is 19.0. The van der Waals surface area contributed by atoms with Crippen molar-refractivity contribution in [2.45, 2.75) is 94.4 Å². The molecule has 7 aliphatic heterocycles. The molecule has 16 nitrogen and oxygen atoms in total. The van der Waals surface area contributed by atoms with Gasteiger partial charge in [0.05, 0.1) is 43.8 Å². The van der Waals surface area contributed by atoms with Crippen LogP contribution in [0.15, 0.2) is 53.8 Å². The number of benzene rings is 1. The van der Waals surface area contributed by atoms with Gasteiger partial charge in [0.25, 0.3) is 0 Å². The van der Waals surface area contributed by atoms with E-state index in [9.17, 15) is 39.9 Å². The van der Waals surface area contributed by atoms with Crippen molar-refractivity contribution in [3.63, 3.8) is 0 Å². The second kappa shape index (κ2) is 16.0. The zero-order valence-electron chi connectivity index (χ0n) is 34.2. The molecule has 8 fully saturated rings. The number of fused-ring (bicyclic) bond motifs is 1. The molecule has 10 rings (SSSR count). The smallest absolute Gasteiger partial charge is 0.343 e. The quantitative estimate of drug-likeness (QED) is 0.0699. The summed E-state index contributed by atoms with van der Waals surface area (Å²) in [5.74, 6) is -0.124. The monoisotopic (exact) mass is 834 g/mol. The maximum atomic E-state index is 13.1. The molecule has 16 heteroatoms. The third-order valence-corrected chi connectivity index (χ3v) is 15.2. The summed E-state index contributed by atoms with van der Waals surface area (Å²) in [4.78, 5) is 43.6. The van der Waals surface area contributed by atoms with Crippen LogP contribution in [-0.2, 0) is 33.3 Å². The van der Waals surface area contributed by atoms with Gasteiger partial charge in [-0.25, -0.2) is 4.79 Å². The number of carbonyl (C=O) groups excluding carboxylic acids is 3. The number of cyclic esters (lactones) is 1. The summed E-state index contributed by atoms with van der Waals surface area (Å²) in [5, 5.41) is 58.0. The van der Waals surface area contributed by atoms with E-state index in [2.05, 4.69) is 27.4 Å². The molecule has 4 bridgehead atoms. The molecule has 6 saturated heterocycles. The predicted molar refractivity (Wildman–Crippen MR) is 214 cm³/mol. The van der Waals surface area contributed by atoms with E-state index in [1.165, 1.54) is 0 Å². The highest BCUT2D eigenvalue weighted by Gasteiger charge is 2.67. The Balaban J connectivity index is 0.829. The number of nitrogens with zero attached hydrogens (tertiary/aromatic N) is 2. The van der Waals surface area contributed by atoms with Gasteiger partial charge in [-0.15, -0.1) is 0 Å². The molecule has 0 aromatic heterocycles. The zero-order valence-corrected chi connectivity index (χ0v) is 34.2. The molecule has 9 aliphatic rings. The average Bonchev–Trinajstić information content (AvgIpc) is 3.90. The number of piperidine rings is 2. The van der Waals surface area contributed by atoms with Gasteiger partial charge in [0.2, 0.25) is 11.8 Å². The minimum atomic E-state index is -1.57. The second-order valence-corrected chi connectivity index (χ2v) is 19.0. The summed E-state index contributed by atoms with van der Waals surface area (Å²) in [6, 6.07) is 7.18. The van der Waals surface area contributed by atoms with Crippen molar-refractivity contribution >= 4 is 29.5 Å². The number of allylic oxidation sites excluding steroid dienone is 1. The lowest BCUT2D eigenvalue weighted by atomic mass is 9.45. The standard InChI is InChI=1S/C44H58N4O12/c1-42-11-10-33(60-41-39(55)38(54)37(53)30(20-49)59-41)43(2,21-50)31(42)9-12-44(22-57-44)32(42)8-5-25-14-29(58-40(25)56)13-24-3-6-28(7-4-24)45-34(51)15-35(52)46-36-26-16-47-18-27(36)19-48(17-26)23-47/h3-8,13-14,26-27,30-33,36-39,41,49-50,53-55H,9-12,15-23H2,1-2H3,(H,45,51)(H,46,52)/t26?,27?,30?,31?,32?,33-,36?,37?,38?,39?,41?,42+,43+,44?/m1/s1. The molecule has 1 aromatic rings. The van der Waals surface area contributed by atoms with E-state index in [0.717, 1.165) is 51.3 Å². The van der Waals surface area contributed by atoms with Crippen LogP contribution >= 0.6 is 0 Å². The van der Waals surface area contributed by atoms with Gasteiger partial charge in [0.15, 0.2) is 6.29 Å². The molecule has 11 atom stereocenters. The Morgan fingerprint density at radius 2 is 1.65 bits per heavy atom.